The summed E-state index contributed by atoms with van der Waals surface area (Å²) in [5, 5.41) is 11.2. The normalized spacial score (nSPS) is 41.9. The molecule has 0 aromatic rings. The second kappa shape index (κ2) is 7.15. The van der Waals surface area contributed by atoms with Crippen LogP contribution in [0.15, 0.2) is 11.6 Å². The third-order valence-corrected chi connectivity index (χ3v) is 7.74. The number of hydrogen-bond acceptors (Lipinski definition) is 6. The Morgan fingerprint density at radius 3 is 2.68 bits per heavy atom. The molecule has 0 bridgehead atoms. The van der Waals surface area contributed by atoms with Gasteiger partial charge in [-0.05, 0) is 31.6 Å². The summed E-state index contributed by atoms with van der Waals surface area (Å²) in [6.07, 6.45) is 5.33. The number of aliphatic hydroxyl groups excluding tert-OH is 1. The standard InChI is InChI=1S/C22H30O6/c1-13(24)3-5-15-17(12-23)20(26)18-16(19(15)25)6-4-14-11-22(27-9-10-28-22)8-7-21(14,18)2/h4,12,15-18,20,26H,3,5-11H2,1-2H3/t15-,16-,17+,18-,20-,21-/m0/s1. The fourth-order valence-corrected chi connectivity index (χ4v) is 6.20. The van der Waals surface area contributed by atoms with Gasteiger partial charge >= 0.3 is 0 Å². The molecule has 0 unspecified atom stereocenters. The van der Waals surface area contributed by atoms with E-state index in [1.165, 1.54) is 12.5 Å². The summed E-state index contributed by atoms with van der Waals surface area (Å²) >= 11 is 0. The van der Waals surface area contributed by atoms with E-state index in [0.29, 0.717) is 32.5 Å². The summed E-state index contributed by atoms with van der Waals surface area (Å²) < 4.78 is 11.8. The molecule has 28 heavy (non-hydrogen) atoms. The summed E-state index contributed by atoms with van der Waals surface area (Å²) in [7, 11) is 0. The topological polar surface area (TPSA) is 89.9 Å². The Kier molecular flexibility index (Phi) is 5.09. The van der Waals surface area contributed by atoms with Gasteiger partial charge in [-0.3, -0.25) is 4.79 Å². The number of ketones is 2. The van der Waals surface area contributed by atoms with E-state index in [1.807, 2.05) is 0 Å². The van der Waals surface area contributed by atoms with Crippen molar-refractivity contribution in [2.45, 2.75) is 64.3 Å². The van der Waals surface area contributed by atoms with Gasteiger partial charge in [0.1, 0.15) is 17.9 Å². The minimum Gasteiger partial charge on any atom is -0.392 e. The van der Waals surface area contributed by atoms with E-state index in [-0.39, 0.29) is 35.2 Å². The highest BCUT2D eigenvalue weighted by Gasteiger charge is 2.60. The first-order chi connectivity index (χ1) is 13.3. The fourth-order valence-electron chi connectivity index (χ4n) is 6.20. The Morgan fingerprint density at radius 2 is 2.04 bits per heavy atom. The average Bonchev–Trinajstić information content (AvgIpc) is 3.11. The maximum Gasteiger partial charge on any atom is 0.172 e. The molecule has 0 aromatic carbocycles. The molecule has 0 radical (unpaired) electrons. The summed E-state index contributed by atoms with van der Waals surface area (Å²) in [5.74, 6) is -2.39. The van der Waals surface area contributed by atoms with Crippen LogP contribution >= 0.6 is 0 Å². The molecule has 0 aromatic heterocycles. The van der Waals surface area contributed by atoms with Crippen LogP contribution in [-0.4, -0.2) is 48.1 Å². The molecule has 6 nitrogen and oxygen atoms in total. The van der Waals surface area contributed by atoms with E-state index in [2.05, 4.69) is 13.0 Å². The van der Waals surface area contributed by atoms with Crippen molar-refractivity contribution < 1.29 is 29.0 Å². The van der Waals surface area contributed by atoms with Crippen LogP contribution in [0.2, 0.25) is 0 Å². The van der Waals surface area contributed by atoms with Crippen molar-refractivity contribution in [2.24, 2.45) is 29.1 Å². The predicted molar refractivity (Wildman–Crippen MR) is 100 cm³/mol. The number of allylic oxidation sites excluding steroid dienone is 1. The third-order valence-electron chi connectivity index (χ3n) is 7.74. The number of fused-ring (bicyclic) bond motifs is 3. The highest BCUT2D eigenvalue weighted by Crippen LogP contribution is 2.60. The quantitative estimate of drug-likeness (QED) is 0.585. The molecule has 6 atom stereocenters. The van der Waals surface area contributed by atoms with Gasteiger partial charge in [0.05, 0.1) is 25.2 Å². The molecule has 1 heterocycles. The van der Waals surface area contributed by atoms with Gasteiger partial charge in [0.15, 0.2) is 5.79 Å². The summed E-state index contributed by atoms with van der Waals surface area (Å²) in [4.78, 5) is 36.6. The number of carbonyl (C=O) groups excluding carboxylic acids is 3. The van der Waals surface area contributed by atoms with Gasteiger partial charge in [-0.15, -0.1) is 0 Å². The van der Waals surface area contributed by atoms with E-state index in [0.717, 1.165) is 19.1 Å². The molecule has 6 heteroatoms. The smallest absolute Gasteiger partial charge is 0.172 e. The largest absolute Gasteiger partial charge is 0.392 e. The van der Waals surface area contributed by atoms with E-state index in [4.69, 9.17) is 9.47 Å². The molecular weight excluding hydrogens is 360 g/mol. The van der Waals surface area contributed by atoms with Crippen LogP contribution in [0.3, 0.4) is 0 Å². The molecule has 1 spiro atoms. The lowest BCUT2D eigenvalue weighted by molar-refractivity contribution is -0.191. The number of carbonyl (C=O) groups is 3. The first-order valence-corrected chi connectivity index (χ1v) is 10.5. The third kappa shape index (κ3) is 3.01. The Balaban J connectivity index is 1.64. The van der Waals surface area contributed by atoms with Crippen LogP contribution in [0, 0.1) is 29.1 Å². The molecule has 2 saturated carbocycles. The van der Waals surface area contributed by atoms with Crippen LogP contribution in [0.5, 0.6) is 0 Å². The average molecular weight is 390 g/mol. The van der Waals surface area contributed by atoms with E-state index < -0.39 is 23.7 Å². The van der Waals surface area contributed by atoms with Crippen molar-refractivity contribution in [1.82, 2.24) is 0 Å². The Hall–Kier alpha value is -1.37. The van der Waals surface area contributed by atoms with Crippen LogP contribution in [0.1, 0.15) is 52.4 Å². The van der Waals surface area contributed by atoms with Gasteiger partial charge in [0.25, 0.3) is 0 Å². The number of ether oxygens (including phenoxy) is 2. The molecule has 1 aliphatic heterocycles. The number of hydrogen-bond donors (Lipinski definition) is 1. The van der Waals surface area contributed by atoms with Crippen molar-refractivity contribution in [3.8, 4) is 0 Å². The SMILES string of the molecule is CC(=O)CC[C@@H]1C(=O)[C@H]2CC=C3CC4(CC[C@]3(C)[C@@H]2[C@@H](O)[C@@H]1C=O)OCCO4. The lowest BCUT2D eigenvalue weighted by Gasteiger charge is -2.56. The molecule has 3 fully saturated rings. The number of aliphatic hydroxyl groups is 1. The van der Waals surface area contributed by atoms with Gasteiger partial charge < -0.3 is 24.2 Å². The van der Waals surface area contributed by atoms with E-state index in [1.54, 1.807) is 0 Å². The first-order valence-electron chi connectivity index (χ1n) is 10.5. The number of rotatable bonds is 4. The minimum atomic E-state index is -0.870. The van der Waals surface area contributed by atoms with E-state index in [9.17, 15) is 19.5 Å². The van der Waals surface area contributed by atoms with Gasteiger partial charge in [-0.1, -0.05) is 18.6 Å². The minimum absolute atomic E-state index is 0.000919. The van der Waals surface area contributed by atoms with Crippen LogP contribution < -0.4 is 0 Å². The molecule has 1 N–H and O–H groups in total. The molecule has 0 amide bonds. The first kappa shape index (κ1) is 19.9. The van der Waals surface area contributed by atoms with Crippen molar-refractivity contribution in [2.75, 3.05) is 13.2 Å². The second-order valence-corrected chi connectivity index (χ2v) is 9.25. The summed E-state index contributed by atoms with van der Waals surface area (Å²) in [6, 6.07) is 0. The maximum absolute atomic E-state index is 13.3. The van der Waals surface area contributed by atoms with Gasteiger partial charge in [-0.2, -0.15) is 0 Å². The van der Waals surface area contributed by atoms with Crippen molar-refractivity contribution >= 4 is 17.9 Å². The highest BCUT2D eigenvalue weighted by atomic mass is 16.7. The van der Waals surface area contributed by atoms with Crippen LogP contribution in [0.25, 0.3) is 0 Å². The predicted octanol–water partition coefficient (Wildman–Crippen LogP) is 2.23. The zero-order valence-electron chi connectivity index (χ0n) is 16.7. The van der Waals surface area contributed by atoms with Crippen molar-refractivity contribution in [1.29, 1.82) is 0 Å². The second-order valence-electron chi connectivity index (χ2n) is 9.25. The molecular formula is C22H30O6. The molecule has 4 rings (SSSR count). The number of aldehydes is 1. The fraction of sp³-hybridized carbons (Fsp3) is 0.773. The van der Waals surface area contributed by atoms with Gasteiger partial charge in [-0.25, -0.2) is 0 Å². The monoisotopic (exact) mass is 390 g/mol. The lowest BCUT2D eigenvalue weighted by Crippen LogP contribution is -2.59. The lowest BCUT2D eigenvalue weighted by atomic mass is 9.49. The van der Waals surface area contributed by atoms with Crippen molar-refractivity contribution in [3.63, 3.8) is 0 Å². The van der Waals surface area contributed by atoms with Crippen molar-refractivity contribution in [3.05, 3.63) is 11.6 Å². The summed E-state index contributed by atoms with van der Waals surface area (Å²) in [5.41, 5.74) is 0.839. The Bertz CT molecular complexity index is 706. The zero-order valence-corrected chi connectivity index (χ0v) is 16.7. The molecule has 3 aliphatic carbocycles. The molecule has 154 valence electrons. The molecule has 4 aliphatic rings. The van der Waals surface area contributed by atoms with Crippen LogP contribution in [-0.2, 0) is 23.9 Å². The van der Waals surface area contributed by atoms with Crippen LogP contribution in [0.4, 0.5) is 0 Å². The molecule has 1 saturated heterocycles. The van der Waals surface area contributed by atoms with Gasteiger partial charge in [0.2, 0.25) is 0 Å². The number of Topliss-reactive ketones (excluding diaryl/α,β-unsaturated/α-hetero) is 2. The zero-order chi connectivity index (χ0) is 20.1. The highest BCUT2D eigenvalue weighted by molar-refractivity contribution is 5.89. The van der Waals surface area contributed by atoms with E-state index >= 15 is 0 Å². The van der Waals surface area contributed by atoms with Gasteiger partial charge in [0, 0.05) is 37.0 Å². The summed E-state index contributed by atoms with van der Waals surface area (Å²) in [6.45, 7) is 4.81. The Labute approximate surface area is 165 Å². The maximum atomic E-state index is 13.3. The Morgan fingerprint density at radius 1 is 1.32 bits per heavy atom.